The van der Waals surface area contributed by atoms with Crippen molar-refractivity contribution in [2.24, 2.45) is 0 Å². The Morgan fingerprint density at radius 1 is 0.978 bits per heavy atom. The second-order valence-electron chi connectivity index (χ2n) is 13.4. The Balaban J connectivity index is 1.00. The number of aromatic nitrogens is 4. The molecule has 0 bridgehead atoms. The predicted octanol–water partition coefficient (Wildman–Crippen LogP) is 6.58. The molecule has 46 heavy (non-hydrogen) atoms. The van der Waals surface area contributed by atoms with Crippen LogP contribution >= 0.6 is 0 Å². The maximum Gasteiger partial charge on any atom is 0.338 e. The van der Waals surface area contributed by atoms with Crippen molar-refractivity contribution < 1.29 is 23.4 Å². The normalized spacial score (nSPS) is 17.8. The van der Waals surface area contributed by atoms with E-state index in [2.05, 4.69) is 20.5 Å². The minimum atomic E-state index is -0.555. The average Bonchev–Trinajstić information content (AvgIpc) is 3.55. The average molecular weight is 624 g/mol. The van der Waals surface area contributed by atoms with Crippen molar-refractivity contribution in [3.05, 3.63) is 83.1 Å². The van der Waals surface area contributed by atoms with E-state index in [1.807, 2.05) is 76.2 Å². The lowest BCUT2D eigenvalue weighted by Gasteiger charge is -2.32. The van der Waals surface area contributed by atoms with Crippen LogP contribution in [0.5, 0.6) is 5.88 Å². The monoisotopic (exact) mass is 623 g/mol. The number of imidazole rings is 1. The maximum atomic E-state index is 12.8. The number of likely N-dealkylation sites (tertiary alicyclic amines) is 1. The summed E-state index contributed by atoms with van der Waals surface area (Å²) in [6, 6.07) is 17.7. The molecule has 0 spiro atoms. The third-order valence-corrected chi connectivity index (χ3v) is 8.70. The number of nitrogens with zero attached hydrogens (tertiary/aromatic N) is 5. The fourth-order valence-corrected chi connectivity index (χ4v) is 6.25. The number of hydrogen-bond donors (Lipinski definition) is 0. The van der Waals surface area contributed by atoms with E-state index >= 15 is 0 Å². The van der Waals surface area contributed by atoms with Crippen molar-refractivity contribution in [2.45, 2.75) is 84.3 Å². The number of fused-ring (bicyclic) bond motifs is 2. The molecule has 2 fully saturated rings. The summed E-state index contributed by atoms with van der Waals surface area (Å²) in [6.45, 7) is 12.1. The van der Waals surface area contributed by atoms with Crippen LogP contribution in [0.4, 0.5) is 0 Å². The molecule has 2 aromatic carbocycles. The third-order valence-electron chi connectivity index (χ3n) is 8.70. The molecular formula is C36H41N5O5. The minimum absolute atomic E-state index is 0.168. The molecular weight excluding hydrogens is 582 g/mol. The van der Waals surface area contributed by atoms with E-state index in [9.17, 15) is 4.79 Å². The van der Waals surface area contributed by atoms with Crippen LogP contribution in [0.25, 0.3) is 22.1 Å². The van der Waals surface area contributed by atoms with Crippen LogP contribution in [0, 0.1) is 6.92 Å². The molecule has 0 radical (unpaired) electrons. The van der Waals surface area contributed by atoms with Crippen LogP contribution in [-0.4, -0.2) is 61.8 Å². The van der Waals surface area contributed by atoms with Crippen molar-refractivity contribution >= 4 is 28.1 Å². The van der Waals surface area contributed by atoms with E-state index in [4.69, 9.17) is 28.6 Å². The van der Waals surface area contributed by atoms with Gasteiger partial charge in [0.2, 0.25) is 5.88 Å². The van der Waals surface area contributed by atoms with Crippen LogP contribution in [0.2, 0.25) is 0 Å². The summed E-state index contributed by atoms with van der Waals surface area (Å²) in [5.74, 6) is 2.33. The van der Waals surface area contributed by atoms with Gasteiger partial charge in [-0.1, -0.05) is 12.1 Å². The van der Waals surface area contributed by atoms with Gasteiger partial charge in [0.1, 0.15) is 23.5 Å². The Bertz CT molecular complexity index is 1860. The predicted molar refractivity (Wildman–Crippen MR) is 174 cm³/mol. The van der Waals surface area contributed by atoms with Crippen molar-refractivity contribution in [3.8, 4) is 5.88 Å². The molecule has 10 heteroatoms. The largest absolute Gasteiger partial charge is 0.473 e. The van der Waals surface area contributed by atoms with Gasteiger partial charge in [-0.3, -0.25) is 4.90 Å². The van der Waals surface area contributed by atoms with Crippen LogP contribution in [0.3, 0.4) is 0 Å². The topological polar surface area (TPSA) is 105 Å². The Labute approximate surface area is 268 Å². The molecule has 0 saturated carbocycles. The number of oxazole rings is 1. The summed E-state index contributed by atoms with van der Waals surface area (Å²) in [7, 11) is 0. The van der Waals surface area contributed by atoms with Crippen molar-refractivity contribution in [1.29, 1.82) is 0 Å². The molecule has 5 heterocycles. The molecule has 2 aliphatic heterocycles. The van der Waals surface area contributed by atoms with Crippen molar-refractivity contribution in [3.63, 3.8) is 0 Å². The van der Waals surface area contributed by atoms with Gasteiger partial charge in [0.05, 0.1) is 35.8 Å². The lowest BCUT2D eigenvalue weighted by molar-refractivity contribution is -0.0592. The first-order valence-electron chi connectivity index (χ1n) is 16.2. The summed E-state index contributed by atoms with van der Waals surface area (Å²) in [6.07, 6.45) is 3.21. The molecule has 2 aliphatic rings. The van der Waals surface area contributed by atoms with Gasteiger partial charge < -0.3 is 23.2 Å². The number of ether oxygens (including phenoxy) is 3. The quantitative estimate of drug-likeness (QED) is 0.168. The smallest absolute Gasteiger partial charge is 0.338 e. The van der Waals surface area contributed by atoms with E-state index in [0.29, 0.717) is 29.9 Å². The zero-order chi connectivity index (χ0) is 31.8. The molecule has 5 aromatic rings. The summed E-state index contributed by atoms with van der Waals surface area (Å²) in [5, 5.41) is 0. The number of benzene rings is 2. The highest BCUT2D eigenvalue weighted by Gasteiger charge is 2.27. The molecule has 0 N–H and O–H groups in total. The van der Waals surface area contributed by atoms with E-state index in [-0.39, 0.29) is 12.1 Å². The van der Waals surface area contributed by atoms with Gasteiger partial charge in [0.15, 0.2) is 11.5 Å². The molecule has 1 atom stereocenters. The number of hydrogen-bond acceptors (Lipinski definition) is 9. The second kappa shape index (κ2) is 12.5. The van der Waals surface area contributed by atoms with E-state index in [0.717, 1.165) is 91.3 Å². The molecule has 3 aromatic heterocycles. The summed E-state index contributed by atoms with van der Waals surface area (Å²) in [5.41, 5.74) is 5.52. The van der Waals surface area contributed by atoms with Gasteiger partial charge in [-0.15, -0.1) is 0 Å². The summed E-state index contributed by atoms with van der Waals surface area (Å²) in [4.78, 5) is 29.6. The maximum absolute atomic E-state index is 12.8. The van der Waals surface area contributed by atoms with Crippen LogP contribution in [0.15, 0.2) is 59.0 Å². The molecule has 2 saturated heterocycles. The molecule has 240 valence electrons. The molecule has 1 unspecified atom stereocenters. The molecule has 10 nitrogen and oxygen atoms in total. The Hall–Kier alpha value is -4.28. The third kappa shape index (κ3) is 6.78. The van der Waals surface area contributed by atoms with Gasteiger partial charge in [0, 0.05) is 31.2 Å². The Kier molecular flexibility index (Phi) is 8.25. The highest BCUT2D eigenvalue weighted by atomic mass is 16.6. The zero-order valence-electron chi connectivity index (χ0n) is 27.0. The van der Waals surface area contributed by atoms with E-state index < -0.39 is 5.60 Å². The first kappa shape index (κ1) is 30.4. The van der Waals surface area contributed by atoms with Crippen LogP contribution < -0.4 is 4.74 Å². The number of carbonyl (C=O) groups excluding carboxylic acids is 1. The van der Waals surface area contributed by atoms with Crippen molar-refractivity contribution in [2.75, 3.05) is 19.7 Å². The van der Waals surface area contributed by atoms with Crippen molar-refractivity contribution in [1.82, 2.24) is 24.4 Å². The number of pyridine rings is 1. The van der Waals surface area contributed by atoms with Gasteiger partial charge in [-0.2, -0.15) is 0 Å². The highest BCUT2D eigenvalue weighted by molar-refractivity contribution is 5.94. The fourth-order valence-electron chi connectivity index (χ4n) is 6.25. The Morgan fingerprint density at radius 2 is 1.78 bits per heavy atom. The molecule has 0 aliphatic carbocycles. The lowest BCUT2D eigenvalue weighted by atomic mass is 9.93. The first-order chi connectivity index (χ1) is 22.2. The Morgan fingerprint density at radius 3 is 2.54 bits per heavy atom. The van der Waals surface area contributed by atoms with Gasteiger partial charge in [0.25, 0.3) is 0 Å². The number of aryl methyl sites for hydroxylation is 1. The van der Waals surface area contributed by atoms with Crippen LogP contribution in [0.1, 0.15) is 79.3 Å². The van der Waals surface area contributed by atoms with E-state index in [1.54, 1.807) is 0 Å². The zero-order valence-corrected chi connectivity index (χ0v) is 27.0. The number of rotatable bonds is 9. The molecule has 7 rings (SSSR count). The van der Waals surface area contributed by atoms with Gasteiger partial charge in [-0.25, -0.2) is 19.7 Å². The van der Waals surface area contributed by atoms with Gasteiger partial charge in [-0.05, 0) is 95.1 Å². The molecule has 0 amide bonds. The number of carbonyl (C=O) groups is 1. The standard InChI is InChI=1S/C36H41N5O5/c1-23-37-30-10-8-24(18-32(30)45-23)22-44-34-7-5-6-28(39-34)25-12-15-40(16-13-25)21-33-38-29-11-9-26(35(42)46-36(2,3)4)19-31(29)41(33)20-27-14-17-43-27/h5-11,18-19,25,27H,12-17,20-22H2,1-4H3. The number of piperidine rings is 1. The summed E-state index contributed by atoms with van der Waals surface area (Å²) < 4.78 is 25.4. The first-order valence-corrected chi connectivity index (χ1v) is 16.2. The second-order valence-corrected chi connectivity index (χ2v) is 13.4. The number of esters is 1. The summed E-state index contributed by atoms with van der Waals surface area (Å²) >= 11 is 0. The van der Waals surface area contributed by atoms with Gasteiger partial charge >= 0.3 is 5.97 Å². The highest BCUT2D eigenvalue weighted by Crippen LogP contribution is 2.30. The van der Waals surface area contributed by atoms with E-state index in [1.165, 1.54) is 0 Å². The van der Waals surface area contributed by atoms with Crippen LogP contribution in [-0.2, 0) is 29.2 Å². The SMILES string of the molecule is Cc1nc2ccc(COc3cccc(C4CCN(Cc5nc6ccc(C(=O)OC(C)(C)C)cc6n5CC5CCO5)CC4)n3)cc2o1. The fraction of sp³-hybridized carbons (Fsp3) is 0.444. The lowest BCUT2D eigenvalue weighted by Crippen LogP contribution is -2.35. The minimum Gasteiger partial charge on any atom is -0.473 e.